The fraction of sp³-hybridized carbons (Fsp3) is 0.455. The Kier molecular flexibility index (Phi) is 7.48. The van der Waals surface area contributed by atoms with Gasteiger partial charge in [-0.05, 0) is 69.3 Å². The first kappa shape index (κ1) is 24.8. The number of halogens is 1. The van der Waals surface area contributed by atoms with Crippen molar-refractivity contribution in [1.29, 1.82) is 0 Å². The van der Waals surface area contributed by atoms with E-state index < -0.39 is 17.8 Å². The van der Waals surface area contributed by atoms with E-state index in [-0.39, 0.29) is 23.6 Å². The number of fused-ring (bicyclic) bond motifs is 1. The molecule has 0 aromatic carbocycles. The van der Waals surface area contributed by atoms with Crippen molar-refractivity contribution in [2.24, 2.45) is 5.92 Å². The monoisotopic (exact) mass is 494 g/mol. The van der Waals surface area contributed by atoms with Crippen LogP contribution < -0.4 is 10.2 Å². The highest BCUT2D eigenvalue weighted by Crippen LogP contribution is 2.38. The first-order valence-corrected chi connectivity index (χ1v) is 11.6. The second kappa shape index (κ2) is 9.96. The number of carbonyl (C=O) groups excluding carboxylic acids is 1. The minimum Gasteiger partial charge on any atom is -0.467 e. The van der Waals surface area contributed by atoms with Crippen LogP contribution in [0.2, 0.25) is 5.28 Å². The molecular weight excluding hydrogens is 468 g/mol. The van der Waals surface area contributed by atoms with Crippen LogP contribution >= 0.6 is 22.9 Å². The van der Waals surface area contributed by atoms with E-state index in [4.69, 9.17) is 20.8 Å². The third-order valence-electron chi connectivity index (χ3n) is 4.73. The van der Waals surface area contributed by atoms with E-state index in [1.54, 1.807) is 12.1 Å². The maximum absolute atomic E-state index is 12.0. The zero-order chi connectivity index (χ0) is 24.3. The summed E-state index contributed by atoms with van der Waals surface area (Å²) in [6.45, 7) is 9.80. The number of furan rings is 1. The van der Waals surface area contributed by atoms with Crippen LogP contribution in [0, 0.1) is 12.8 Å². The third-order valence-corrected chi connectivity index (χ3v) is 6.20. The largest absolute Gasteiger partial charge is 0.467 e. The van der Waals surface area contributed by atoms with E-state index in [2.05, 4.69) is 15.3 Å². The first-order valence-electron chi connectivity index (χ1n) is 10.4. The van der Waals surface area contributed by atoms with E-state index in [1.807, 2.05) is 34.6 Å². The molecule has 33 heavy (non-hydrogen) atoms. The fourth-order valence-electron chi connectivity index (χ4n) is 3.22. The number of hydrogen-bond donors (Lipinski definition) is 2. The molecule has 9 nitrogen and oxygen atoms in total. The van der Waals surface area contributed by atoms with Gasteiger partial charge in [0.1, 0.15) is 11.4 Å². The summed E-state index contributed by atoms with van der Waals surface area (Å²) in [5.74, 6) is 0.804. The summed E-state index contributed by atoms with van der Waals surface area (Å²) in [4.78, 5) is 34.7. The van der Waals surface area contributed by atoms with Crippen molar-refractivity contribution in [3.05, 3.63) is 39.9 Å². The van der Waals surface area contributed by atoms with Crippen LogP contribution in [0.3, 0.4) is 0 Å². The van der Waals surface area contributed by atoms with Gasteiger partial charge in [-0.3, -0.25) is 4.90 Å². The van der Waals surface area contributed by atoms with Gasteiger partial charge in [0, 0.05) is 11.4 Å². The summed E-state index contributed by atoms with van der Waals surface area (Å²) in [5, 5.41) is 12.6. The van der Waals surface area contributed by atoms with Crippen LogP contribution in [-0.2, 0) is 17.7 Å². The Bertz CT molecular complexity index is 1140. The van der Waals surface area contributed by atoms with Gasteiger partial charge in [-0.2, -0.15) is 4.98 Å². The number of carboxylic acid groups (broad SMARTS) is 1. The molecule has 0 radical (unpaired) electrons. The van der Waals surface area contributed by atoms with Crippen molar-refractivity contribution in [1.82, 2.24) is 15.3 Å². The molecule has 0 aliphatic heterocycles. The molecule has 1 atom stereocenters. The van der Waals surface area contributed by atoms with Crippen LogP contribution in [0.25, 0.3) is 10.2 Å². The molecule has 1 unspecified atom stereocenters. The number of nitrogens with zero attached hydrogens (tertiary/aromatic N) is 3. The lowest BCUT2D eigenvalue weighted by Crippen LogP contribution is -2.35. The number of hydrogen-bond acceptors (Lipinski definition) is 7. The molecule has 178 valence electrons. The van der Waals surface area contributed by atoms with Gasteiger partial charge in [-0.1, -0.05) is 6.92 Å². The van der Waals surface area contributed by atoms with Gasteiger partial charge < -0.3 is 19.6 Å². The summed E-state index contributed by atoms with van der Waals surface area (Å²) in [6.07, 6.45) is 0.505. The molecule has 0 fully saturated rings. The maximum atomic E-state index is 12.0. The lowest BCUT2D eigenvalue weighted by molar-refractivity contribution is 0.0520. The summed E-state index contributed by atoms with van der Waals surface area (Å²) in [6, 6.07) is 3.39. The zero-order valence-electron chi connectivity index (χ0n) is 19.1. The summed E-state index contributed by atoms with van der Waals surface area (Å²) in [7, 11) is 0. The van der Waals surface area contributed by atoms with Gasteiger partial charge in [-0.15, -0.1) is 11.3 Å². The smallest absolute Gasteiger partial charge is 0.413 e. The molecule has 0 aliphatic rings. The predicted molar refractivity (Wildman–Crippen MR) is 127 cm³/mol. The van der Waals surface area contributed by atoms with Crippen molar-refractivity contribution in [3.63, 3.8) is 0 Å². The molecule has 0 bridgehead atoms. The minimum absolute atomic E-state index is 0.00668. The number of alkyl carbamates (subject to hydrolysis) is 1. The van der Waals surface area contributed by atoms with Crippen molar-refractivity contribution < 1.29 is 23.8 Å². The lowest BCUT2D eigenvalue weighted by Gasteiger charge is -2.20. The molecule has 3 aromatic heterocycles. The number of anilines is 1. The van der Waals surface area contributed by atoms with Gasteiger partial charge in [0.15, 0.2) is 5.82 Å². The molecule has 3 aromatic rings. The van der Waals surface area contributed by atoms with Crippen LogP contribution in [0.4, 0.5) is 15.4 Å². The zero-order valence-corrected chi connectivity index (χ0v) is 20.7. The lowest BCUT2D eigenvalue weighted by atomic mass is 10.0. The van der Waals surface area contributed by atoms with E-state index in [9.17, 15) is 14.7 Å². The van der Waals surface area contributed by atoms with Gasteiger partial charge in [0.25, 0.3) is 0 Å². The van der Waals surface area contributed by atoms with Crippen molar-refractivity contribution >= 4 is 51.2 Å². The number of amides is 2. The van der Waals surface area contributed by atoms with Gasteiger partial charge in [0.2, 0.25) is 5.28 Å². The Labute approximate surface area is 200 Å². The highest BCUT2D eigenvalue weighted by molar-refractivity contribution is 7.19. The molecule has 0 aliphatic carbocycles. The van der Waals surface area contributed by atoms with E-state index in [0.29, 0.717) is 28.9 Å². The van der Waals surface area contributed by atoms with Crippen LogP contribution in [-0.4, -0.2) is 39.4 Å². The Morgan fingerprint density at radius 1 is 1.36 bits per heavy atom. The summed E-state index contributed by atoms with van der Waals surface area (Å²) in [5.41, 5.74) is 0.964. The third kappa shape index (κ3) is 6.35. The molecule has 0 spiro atoms. The molecule has 0 saturated carbocycles. The van der Waals surface area contributed by atoms with Crippen LogP contribution in [0.1, 0.15) is 43.9 Å². The second-order valence-corrected chi connectivity index (χ2v) is 10.2. The van der Waals surface area contributed by atoms with Crippen molar-refractivity contribution in [2.45, 2.75) is 53.2 Å². The number of aromatic nitrogens is 2. The quantitative estimate of drug-likeness (QED) is 0.408. The molecule has 2 N–H and O–H groups in total. The highest BCUT2D eigenvalue weighted by atomic mass is 35.5. The van der Waals surface area contributed by atoms with Crippen LogP contribution in [0.5, 0.6) is 0 Å². The van der Waals surface area contributed by atoms with Crippen molar-refractivity contribution in [2.75, 3.05) is 11.4 Å². The van der Waals surface area contributed by atoms with E-state index in [1.165, 1.54) is 17.6 Å². The van der Waals surface area contributed by atoms with Gasteiger partial charge in [-0.25, -0.2) is 14.6 Å². The average Bonchev–Trinajstić information content (AvgIpc) is 3.32. The summed E-state index contributed by atoms with van der Waals surface area (Å²) < 4.78 is 11.2. The number of carbonyl (C=O) groups is 2. The van der Waals surface area contributed by atoms with E-state index in [0.717, 1.165) is 15.3 Å². The SMILES string of the molecule is Cc1c(CC(C)CNC(=O)OC(C)(C)C)sc2c(N(Cc3ccco3)C(=O)O)nc(Cl)nc12. The molecule has 0 saturated heterocycles. The molecule has 11 heteroatoms. The molecular formula is C22H27ClN4O5S. The molecule has 2 amide bonds. The maximum Gasteiger partial charge on any atom is 0.413 e. The normalized spacial score (nSPS) is 12.5. The minimum atomic E-state index is -1.18. The standard InChI is InChI=1S/C22H27ClN4O5S/c1-12(10-24-20(28)32-22(3,4)5)9-15-13(2)16-17(33-15)18(26-19(23)25-16)27(21(29)30)11-14-7-6-8-31-14/h6-8,12H,9-11H2,1-5H3,(H,24,28)(H,29,30). The average molecular weight is 495 g/mol. The fourth-order valence-corrected chi connectivity index (χ4v) is 4.79. The Balaban J connectivity index is 1.84. The molecule has 3 rings (SSSR count). The number of thiophene rings is 1. The number of aryl methyl sites for hydroxylation is 1. The second-order valence-electron chi connectivity index (χ2n) is 8.78. The van der Waals surface area contributed by atoms with Gasteiger partial charge in [0.05, 0.1) is 23.0 Å². The first-order chi connectivity index (χ1) is 15.4. The highest BCUT2D eigenvalue weighted by Gasteiger charge is 2.25. The van der Waals surface area contributed by atoms with Gasteiger partial charge >= 0.3 is 12.2 Å². The Morgan fingerprint density at radius 2 is 2.09 bits per heavy atom. The number of ether oxygens (including phenoxy) is 1. The Morgan fingerprint density at radius 3 is 2.70 bits per heavy atom. The molecule has 3 heterocycles. The van der Waals surface area contributed by atoms with Crippen LogP contribution in [0.15, 0.2) is 22.8 Å². The van der Waals surface area contributed by atoms with Crippen molar-refractivity contribution in [3.8, 4) is 0 Å². The topological polar surface area (TPSA) is 118 Å². The van der Waals surface area contributed by atoms with E-state index >= 15 is 0 Å². The summed E-state index contributed by atoms with van der Waals surface area (Å²) >= 11 is 7.58. The number of rotatable bonds is 7. The predicted octanol–water partition coefficient (Wildman–Crippen LogP) is 5.63. The number of nitrogens with one attached hydrogen (secondary N) is 1. The Hall–Kier alpha value is -2.85.